The molecule has 1 amide bonds. The van der Waals surface area contributed by atoms with Crippen LogP contribution in [0.5, 0.6) is 0 Å². The minimum Gasteiger partial charge on any atom is -0.350 e. The maximum atomic E-state index is 11.2. The van der Waals surface area contributed by atoms with Crippen LogP contribution in [0.25, 0.3) is 0 Å². The van der Waals surface area contributed by atoms with E-state index < -0.39 is 0 Å². The number of amides is 1. The summed E-state index contributed by atoms with van der Waals surface area (Å²) in [6, 6.07) is 0.375. The number of hydrogen-bond donors (Lipinski definition) is 1. The summed E-state index contributed by atoms with van der Waals surface area (Å²) in [5.41, 5.74) is 0. The van der Waals surface area contributed by atoms with E-state index in [1.807, 2.05) is 6.92 Å². The van der Waals surface area contributed by atoms with E-state index in [4.69, 9.17) is 0 Å². The Morgan fingerprint density at radius 3 is 2.62 bits per heavy atom. The number of likely N-dealkylation sites (tertiary alicyclic amines) is 1. The summed E-state index contributed by atoms with van der Waals surface area (Å²) >= 11 is 0. The largest absolute Gasteiger partial charge is 0.350 e. The predicted octanol–water partition coefficient (Wildman–Crippen LogP) is 0.773. The molecule has 0 spiro atoms. The number of carbonyl (C=O) groups is 1. The van der Waals surface area contributed by atoms with Gasteiger partial charge in [0.25, 0.3) is 0 Å². The molecule has 0 aromatic heterocycles. The molecule has 1 saturated heterocycles. The molecule has 13 heavy (non-hydrogen) atoms. The zero-order chi connectivity index (χ0) is 9.68. The van der Waals surface area contributed by atoms with Crippen molar-refractivity contribution in [2.24, 2.45) is 0 Å². The molecule has 1 rings (SSSR count). The highest BCUT2D eigenvalue weighted by Crippen LogP contribution is 2.07. The fourth-order valence-corrected chi connectivity index (χ4v) is 1.55. The maximum Gasteiger partial charge on any atom is 0.243 e. The summed E-state index contributed by atoms with van der Waals surface area (Å²) < 4.78 is 0. The van der Waals surface area contributed by atoms with Crippen molar-refractivity contribution in [2.75, 3.05) is 20.1 Å². The van der Waals surface area contributed by atoms with Crippen molar-refractivity contribution in [3.05, 3.63) is 12.2 Å². The average Bonchev–Trinajstić information content (AvgIpc) is 2.09. The molecule has 1 aliphatic heterocycles. The Labute approximate surface area is 79.8 Å². The fourth-order valence-electron chi connectivity index (χ4n) is 1.55. The molecule has 0 atom stereocenters. The molecular formula is C10H18N2O. The van der Waals surface area contributed by atoms with Crippen molar-refractivity contribution in [1.29, 1.82) is 0 Å². The van der Waals surface area contributed by atoms with Crippen LogP contribution in [-0.2, 0) is 4.79 Å². The first-order valence-electron chi connectivity index (χ1n) is 4.84. The highest BCUT2D eigenvalue weighted by atomic mass is 16.1. The molecule has 1 aliphatic rings. The molecular weight excluding hydrogens is 164 g/mol. The van der Waals surface area contributed by atoms with Crippen molar-refractivity contribution < 1.29 is 4.79 Å². The second kappa shape index (κ2) is 5.02. The third-order valence-electron chi connectivity index (χ3n) is 2.38. The van der Waals surface area contributed by atoms with Crippen LogP contribution in [-0.4, -0.2) is 37.0 Å². The summed E-state index contributed by atoms with van der Waals surface area (Å²) in [6.45, 7) is 4.02. The SMILES string of the molecule is CC=CC(=O)NC1CCN(C)CC1. The van der Waals surface area contributed by atoms with Gasteiger partial charge < -0.3 is 10.2 Å². The molecule has 3 nitrogen and oxygen atoms in total. The van der Waals surface area contributed by atoms with Crippen molar-refractivity contribution in [1.82, 2.24) is 10.2 Å². The summed E-state index contributed by atoms with van der Waals surface area (Å²) in [5, 5.41) is 2.99. The van der Waals surface area contributed by atoms with Gasteiger partial charge in [0, 0.05) is 6.04 Å². The van der Waals surface area contributed by atoms with Gasteiger partial charge in [0.05, 0.1) is 0 Å². The Kier molecular flexibility index (Phi) is 3.96. The first kappa shape index (κ1) is 10.3. The minimum atomic E-state index is 0.0389. The van der Waals surface area contributed by atoms with Crippen LogP contribution in [0.3, 0.4) is 0 Å². The van der Waals surface area contributed by atoms with Crippen LogP contribution >= 0.6 is 0 Å². The van der Waals surface area contributed by atoms with Gasteiger partial charge in [-0.25, -0.2) is 0 Å². The zero-order valence-electron chi connectivity index (χ0n) is 8.42. The molecule has 0 saturated carbocycles. The van der Waals surface area contributed by atoms with Crippen LogP contribution in [0.4, 0.5) is 0 Å². The molecule has 0 aliphatic carbocycles. The monoisotopic (exact) mass is 182 g/mol. The molecule has 1 fully saturated rings. The highest BCUT2D eigenvalue weighted by Gasteiger charge is 2.16. The lowest BCUT2D eigenvalue weighted by molar-refractivity contribution is -0.117. The maximum absolute atomic E-state index is 11.2. The smallest absolute Gasteiger partial charge is 0.243 e. The van der Waals surface area contributed by atoms with Gasteiger partial charge >= 0.3 is 0 Å². The fraction of sp³-hybridized carbons (Fsp3) is 0.700. The van der Waals surface area contributed by atoms with E-state index in [-0.39, 0.29) is 5.91 Å². The van der Waals surface area contributed by atoms with Gasteiger partial charge in [0.1, 0.15) is 0 Å². The third kappa shape index (κ3) is 3.59. The number of allylic oxidation sites excluding steroid dienone is 1. The molecule has 0 unspecified atom stereocenters. The zero-order valence-corrected chi connectivity index (χ0v) is 8.42. The molecule has 3 heteroatoms. The van der Waals surface area contributed by atoms with E-state index in [9.17, 15) is 4.79 Å². The van der Waals surface area contributed by atoms with Gasteiger partial charge in [-0.15, -0.1) is 0 Å². The van der Waals surface area contributed by atoms with Gasteiger partial charge in [-0.3, -0.25) is 4.79 Å². The average molecular weight is 182 g/mol. The normalized spacial score (nSPS) is 20.8. The van der Waals surface area contributed by atoms with Crippen LogP contribution in [0.15, 0.2) is 12.2 Å². The van der Waals surface area contributed by atoms with Gasteiger partial charge in [0.15, 0.2) is 0 Å². The second-order valence-electron chi connectivity index (χ2n) is 3.59. The van der Waals surface area contributed by atoms with E-state index in [2.05, 4.69) is 17.3 Å². The lowest BCUT2D eigenvalue weighted by Gasteiger charge is -2.29. The van der Waals surface area contributed by atoms with Crippen LogP contribution in [0.1, 0.15) is 19.8 Å². The number of hydrogen-bond acceptors (Lipinski definition) is 2. The number of nitrogens with zero attached hydrogens (tertiary/aromatic N) is 1. The number of piperidine rings is 1. The minimum absolute atomic E-state index is 0.0389. The summed E-state index contributed by atoms with van der Waals surface area (Å²) in [5.74, 6) is 0.0389. The summed E-state index contributed by atoms with van der Waals surface area (Å²) in [6.07, 6.45) is 5.49. The Hall–Kier alpha value is -0.830. The van der Waals surface area contributed by atoms with E-state index in [0.717, 1.165) is 25.9 Å². The topological polar surface area (TPSA) is 32.3 Å². The number of carbonyl (C=O) groups excluding carboxylic acids is 1. The molecule has 0 radical (unpaired) electrons. The Morgan fingerprint density at radius 2 is 2.08 bits per heavy atom. The predicted molar refractivity (Wildman–Crippen MR) is 53.5 cm³/mol. The lowest BCUT2D eigenvalue weighted by atomic mass is 10.1. The Morgan fingerprint density at radius 1 is 1.46 bits per heavy atom. The summed E-state index contributed by atoms with van der Waals surface area (Å²) in [4.78, 5) is 13.5. The quantitative estimate of drug-likeness (QED) is 0.640. The second-order valence-corrected chi connectivity index (χ2v) is 3.59. The Bertz CT molecular complexity index is 193. The van der Waals surface area contributed by atoms with E-state index in [1.54, 1.807) is 12.2 Å². The first-order chi connectivity index (χ1) is 6.22. The van der Waals surface area contributed by atoms with Gasteiger partial charge in [0.2, 0.25) is 5.91 Å². The molecule has 0 aromatic rings. The van der Waals surface area contributed by atoms with Crippen LogP contribution in [0.2, 0.25) is 0 Å². The third-order valence-corrected chi connectivity index (χ3v) is 2.38. The van der Waals surface area contributed by atoms with Gasteiger partial charge in [-0.05, 0) is 46.0 Å². The Balaban J connectivity index is 2.26. The molecule has 1 heterocycles. The standard InChI is InChI=1S/C10H18N2O/c1-3-4-10(13)11-9-5-7-12(2)8-6-9/h3-4,9H,5-8H2,1-2H3,(H,11,13). The van der Waals surface area contributed by atoms with Crippen molar-refractivity contribution in [3.63, 3.8) is 0 Å². The van der Waals surface area contributed by atoms with E-state index in [0.29, 0.717) is 6.04 Å². The molecule has 0 bridgehead atoms. The van der Waals surface area contributed by atoms with Crippen molar-refractivity contribution >= 4 is 5.91 Å². The van der Waals surface area contributed by atoms with E-state index in [1.165, 1.54) is 0 Å². The lowest BCUT2D eigenvalue weighted by Crippen LogP contribution is -2.42. The molecule has 0 aromatic carbocycles. The highest BCUT2D eigenvalue weighted by molar-refractivity contribution is 5.87. The van der Waals surface area contributed by atoms with Crippen LogP contribution < -0.4 is 5.32 Å². The van der Waals surface area contributed by atoms with E-state index >= 15 is 0 Å². The number of nitrogens with one attached hydrogen (secondary N) is 1. The van der Waals surface area contributed by atoms with Crippen LogP contribution in [0, 0.1) is 0 Å². The molecule has 1 N–H and O–H groups in total. The summed E-state index contributed by atoms with van der Waals surface area (Å²) in [7, 11) is 2.12. The molecule has 74 valence electrons. The van der Waals surface area contributed by atoms with Gasteiger partial charge in [-0.2, -0.15) is 0 Å². The number of rotatable bonds is 2. The van der Waals surface area contributed by atoms with Crippen molar-refractivity contribution in [3.8, 4) is 0 Å². The first-order valence-corrected chi connectivity index (χ1v) is 4.84. The van der Waals surface area contributed by atoms with Crippen molar-refractivity contribution in [2.45, 2.75) is 25.8 Å². The van der Waals surface area contributed by atoms with Gasteiger partial charge in [-0.1, -0.05) is 6.08 Å².